The van der Waals surface area contributed by atoms with Crippen LogP contribution in [0.3, 0.4) is 0 Å². The van der Waals surface area contributed by atoms with Gasteiger partial charge in [0, 0.05) is 24.3 Å². The molecule has 0 fully saturated rings. The minimum Gasteiger partial charge on any atom is -0.370 e. The van der Waals surface area contributed by atoms with E-state index in [0.717, 1.165) is 25.3 Å². The van der Waals surface area contributed by atoms with Gasteiger partial charge in [-0.05, 0) is 23.8 Å². The van der Waals surface area contributed by atoms with Crippen LogP contribution in [0.15, 0.2) is 59.6 Å². The third kappa shape index (κ3) is 2.38. The van der Waals surface area contributed by atoms with Crippen LogP contribution in [-0.2, 0) is 6.42 Å². The van der Waals surface area contributed by atoms with E-state index in [1.54, 1.807) is 0 Å². The molecule has 2 aromatic carbocycles. The van der Waals surface area contributed by atoms with Crippen LogP contribution in [0.4, 0.5) is 11.4 Å². The Balaban J connectivity index is 0.00000132. The Morgan fingerprint density at radius 3 is 2.52 bits per heavy atom. The summed E-state index contributed by atoms with van der Waals surface area (Å²) >= 11 is 0. The average Bonchev–Trinajstić information content (AvgIpc) is 3.15. The minimum absolute atomic E-state index is 0. The number of nitrogens with one attached hydrogen (secondary N) is 1. The van der Waals surface area contributed by atoms with Crippen LogP contribution in [0.1, 0.15) is 5.56 Å². The number of anilines is 2. The van der Waals surface area contributed by atoms with E-state index in [1.807, 2.05) is 0 Å². The predicted octanol–water partition coefficient (Wildman–Crippen LogP) is 3.17. The van der Waals surface area contributed by atoms with Crippen molar-refractivity contribution in [1.82, 2.24) is 5.32 Å². The largest absolute Gasteiger partial charge is 0.370 e. The molecule has 2 aliphatic rings. The lowest BCUT2D eigenvalue weighted by atomic mass is 10.1. The van der Waals surface area contributed by atoms with Gasteiger partial charge in [-0.25, -0.2) is 0 Å². The molecule has 0 spiro atoms. The van der Waals surface area contributed by atoms with Crippen molar-refractivity contribution in [1.29, 1.82) is 0 Å². The summed E-state index contributed by atoms with van der Waals surface area (Å²) in [4.78, 5) is 7.05. The van der Waals surface area contributed by atoms with Crippen molar-refractivity contribution < 1.29 is 0 Å². The second-order valence-electron chi connectivity index (χ2n) is 5.25. The van der Waals surface area contributed by atoms with Gasteiger partial charge in [0.2, 0.25) is 0 Å². The molecule has 0 aliphatic carbocycles. The van der Waals surface area contributed by atoms with Crippen LogP contribution in [0.5, 0.6) is 0 Å². The lowest BCUT2D eigenvalue weighted by Crippen LogP contribution is -2.41. The molecular formula is C17H18ClN3. The molecule has 2 heterocycles. The number of halogens is 1. The monoisotopic (exact) mass is 299 g/mol. The molecular weight excluding hydrogens is 282 g/mol. The third-order valence-electron chi connectivity index (χ3n) is 4.03. The van der Waals surface area contributed by atoms with Crippen LogP contribution in [-0.4, -0.2) is 25.0 Å². The number of hydrogen-bond acceptors (Lipinski definition) is 3. The summed E-state index contributed by atoms with van der Waals surface area (Å²) in [6.45, 7) is 1.86. The van der Waals surface area contributed by atoms with Crippen LogP contribution in [0.25, 0.3) is 0 Å². The summed E-state index contributed by atoms with van der Waals surface area (Å²) in [5.41, 5.74) is 3.94. The Kier molecular flexibility index (Phi) is 3.84. The van der Waals surface area contributed by atoms with E-state index in [0.29, 0.717) is 6.04 Å². The molecule has 0 bridgehead atoms. The molecule has 0 saturated heterocycles. The van der Waals surface area contributed by atoms with Crippen LogP contribution in [0, 0.1) is 0 Å². The molecule has 0 amide bonds. The van der Waals surface area contributed by atoms with Gasteiger partial charge >= 0.3 is 0 Å². The number of rotatable bonds is 2. The first kappa shape index (κ1) is 14.0. The topological polar surface area (TPSA) is 27.6 Å². The number of para-hydroxylation sites is 2. The van der Waals surface area contributed by atoms with Crippen LogP contribution < -0.4 is 10.2 Å². The Morgan fingerprint density at radius 1 is 1.00 bits per heavy atom. The number of hydrogen-bond donors (Lipinski definition) is 1. The van der Waals surface area contributed by atoms with E-state index in [1.165, 1.54) is 16.9 Å². The molecule has 1 atom stereocenters. The third-order valence-corrected chi connectivity index (χ3v) is 4.03. The zero-order chi connectivity index (χ0) is 13.4. The van der Waals surface area contributed by atoms with E-state index < -0.39 is 0 Å². The summed E-state index contributed by atoms with van der Waals surface area (Å²) in [5, 5.41) is 3.44. The van der Waals surface area contributed by atoms with E-state index in [9.17, 15) is 0 Å². The number of aliphatic imine (C=N–C) groups is 1. The summed E-state index contributed by atoms with van der Waals surface area (Å²) in [6, 6.07) is 19.6. The Labute approximate surface area is 131 Å². The minimum atomic E-state index is 0. The number of amidine groups is 1. The molecule has 2 aliphatic heterocycles. The second kappa shape index (κ2) is 5.78. The molecule has 0 radical (unpaired) electrons. The number of nitrogens with zero attached hydrogens (tertiary/aromatic N) is 2. The molecule has 108 valence electrons. The lowest BCUT2D eigenvalue weighted by Gasteiger charge is -2.27. The fourth-order valence-corrected chi connectivity index (χ4v) is 3.15. The van der Waals surface area contributed by atoms with Crippen molar-refractivity contribution in [2.75, 3.05) is 18.0 Å². The van der Waals surface area contributed by atoms with Gasteiger partial charge in [0.1, 0.15) is 5.84 Å². The van der Waals surface area contributed by atoms with Gasteiger partial charge in [0.15, 0.2) is 0 Å². The van der Waals surface area contributed by atoms with Crippen LogP contribution in [0.2, 0.25) is 0 Å². The molecule has 0 aromatic heterocycles. The maximum Gasteiger partial charge on any atom is 0.120 e. The summed E-state index contributed by atoms with van der Waals surface area (Å²) in [6.07, 6.45) is 1.02. The quantitative estimate of drug-likeness (QED) is 0.922. The predicted molar refractivity (Wildman–Crippen MR) is 90.1 cm³/mol. The maximum absolute atomic E-state index is 4.64. The van der Waals surface area contributed by atoms with E-state index in [-0.39, 0.29) is 12.4 Å². The zero-order valence-electron chi connectivity index (χ0n) is 11.7. The van der Waals surface area contributed by atoms with E-state index >= 15 is 0 Å². The second-order valence-corrected chi connectivity index (χ2v) is 5.25. The Hall–Kier alpha value is -2.00. The number of benzene rings is 2. The van der Waals surface area contributed by atoms with Gasteiger partial charge in [-0.2, -0.15) is 0 Å². The first-order valence-corrected chi connectivity index (χ1v) is 7.14. The molecule has 4 rings (SSSR count). The van der Waals surface area contributed by atoms with E-state index in [2.05, 4.69) is 69.8 Å². The van der Waals surface area contributed by atoms with Crippen molar-refractivity contribution >= 4 is 29.6 Å². The molecule has 4 heteroatoms. The standard InChI is InChI=1S/C17H17N3.ClH/c1-2-7-14(8-3-1)20-15-9-5-4-6-13(15)12-16(20)17-18-10-11-19-17;/h1-9,16H,10-12H2,(H,18,19);1H. The average molecular weight is 300 g/mol. The normalized spacial score (nSPS) is 19.5. The molecule has 3 nitrogen and oxygen atoms in total. The summed E-state index contributed by atoms with van der Waals surface area (Å²) in [7, 11) is 0. The van der Waals surface area contributed by atoms with Crippen molar-refractivity contribution in [2.24, 2.45) is 4.99 Å². The zero-order valence-corrected chi connectivity index (χ0v) is 12.5. The highest BCUT2D eigenvalue weighted by Gasteiger charge is 2.34. The van der Waals surface area contributed by atoms with Gasteiger partial charge in [-0.3, -0.25) is 4.99 Å². The number of fused-ring (bicyclic) bond motifs is 1. The van der Waals surface area contributed by atoms with Crippen molar-refractivity contribution in [3.8, 4) is 0 Å². The van der Waals surface area contributed by atoms with E-state index in [4.69, 9.17) is 0 Å². The van der Waals surface area contributed by atoms with Gasteiger partial charge in [0.05, 0.1) is 12.6 Å². The first-order valence-electron chi connectivity index (χ1n) is 7.14. The van der Waals surface area contributed by atoms with Gasteiger partial charge in [0.25, 0.3) is 0 Å². The Bertz CT molecular complexity index is 654. The molecule has 21 heavy (non-hydrogen) atoms. The highest BCUT2D eigenvalue weighted by atomic mass is 35.5. The van der Waals surface area contributed by atoms with Gasteiger partial charge < -0.3 is 10.2 Å². The highest BCUT2D eigenvalue weighted by Crippen LogP contribution is 2.38. The molecule has 0 saturated carbocycles. The Morgan fingerprint density at radius 2 is 1.76 bits per heavy atom. The highest BCUT2D eigenvalue weighted by molar-refractivity contribution is 5.96. The fourth-order valence-electron chi connectivity index (χ4n) is 3.15. The summed E-state index contributed by atoms with van der Waals surface area (Å²) in [5.74, 6) is 1.13. The summed E-state index contributed by atoms with van der Waals surface area (Å²) < 4.78 is 0. The molecule has 1 unspecified atom stereocenters. The van der Waals surface area contributed by atoms with Crippen molar-refractivity contribution in [3.05, 3.63) is 60.2 Å². The van der Waals surface area contributed by atoms with Gasteiger partial charge in [-0.1, -0.05) is 36.4 Å². The first-order chi connectivity index (χ1) is 9.93. The molecule has 2 aromatic rings. The van der Waals surface area contributed by atoms with Gasteiger partial charge in [-0.15, -0.1) is 12.4 Å². The maximum atomic E-state index is 4.64. The lowest BCUT2D eigenvalue weighted by molar-refractivity contribution is 0.838. The smallest absolute Gasteiger partial charge is 0.120 e. The van der Waals surface area contributed by atoms with Crippen molar-refractivity contribution in [2.45, 2.75) is 12.5 Å². The fraction of sp³-hybridized carbons (Fsp3) is 0.235. The van der Waals surface area contributed by atoms with Crippen LogP contribution >= 0.6 is 12.4 Å². The van der Waals surface area contributed by atoms with Crippen molar-refractivity contribution in [3.63, 3.8) is 0 Å². The molecule has 1 N–H and O–H groups in total. The SMILES string of the molecule is Cl.c1ccc(N2c3ccccc3CC2C2=NCCN2)cc1.